The van der Waals surface area contributed by atoms with Gasteiger partial charge in [0.2, 0.25) is 0 Å². The monoisotopic (exact) mass is 284 g/mol. The first-order valence-electron chi connectivity index (χ1n) is 6.81. The number of hydrogen-bond acceptors (Lipinski definition) is 1. The number of aromatic nitrogens is 1. The van der Waals surface area contributed by atoms with E-state index in [-0.39, 0.29) is 18.6 Å². The summed E-state index contributed by atoms with van der Waals surface area (Å²) in [6.07, 6.45) is 4.69. The second kappa shape index (κ2) is 10.4. The predicted octanol–water partition coefficient (Wildman–Crippen LogP) is 5.35. The van der Waals surface area contributed by atoms with Gasteiger partial charge in [-0.2, -0.15) is 0 Å². The fraction of sp³-hybridized carbons (Fsp3) is 0.562. The average molecular weight is 284 g/mol. The second-order valence-corrected chi connectivity index (χ2v) is 3.99. The molecule has 0 spiro atoms. The molecule has 1 heterocycles. The Bertz CT molecular complexity index is 354. The first-order valence-corrected chi connectivity index (χ1v) is 6.81. The Morgan fingerprint density at radius 1 is 1.22 bits per heavy atom. The maximum absolute atomic E-state index is 4.44. The molecule has 101 valence electrons. The number of allylic oxidation sites excluding steroid dienone is 1. The Labute approximate surface area is 125 Å². The van der Waals surface area contributed by atoms with Gasteiger partial charge in [-0.1, -0.05) is 40.3 Å². The molecule has 1 radical (unpaired) electrons. The fourth-order valence-electron chi connectivity index (χ4n) is 1.68. The van der Waals surface area contributed by atoms with Crippen molar-refractivity contribution in [2.24, 2.45) is 0 Å². The summed E-state index contributed by atoms with van der Waals surface area (Å²) < 4.78 is 0. The minimum Gasteiger partial charge on any atom is -0.256 e. The Morgan fingerprint density at radius 3 is 2.06 bits per heavy atom. The zero-order valence-corrected chi connectivity index (χ0v) is 14.1. The van der Waals surface area contributed by atoms with E-state index in [1.807, 2.05) is 40.8 Å². The molecule has 1 aromatic rings. The summed E-state index contributed by atoms with van der Waals surface area (Å²) in [5.74, 6) is 0.797. The molecule has 1 aromatic heterocycles. The topological polar surface area (TPSA) is 12.9 Å². The maximum atomic E-state index is 4.44. The summed E-state index contributed by atoms with van der Waals surface area (Å²) in [5, 5.41) is 0. The SMILES string of the molecule is C=C(C)c1ncc(C2CC2)cc1C.CC.CC.[V]. The molecule has 0 amide bonds. The van der Waals surface area contributed by atoms with Crippen LogP contribution < -0.4 is 0 Å². The van der Waals surface area contributed by atoms with E-state index in [0.717, 1.165) is 17.2 Å². The van der Waals surface area contributed by atoms with Gasteiger partial charge in [0.25, 0.3) is 0 Å². The molecule has 1 nitrogen and oxygen atoms in total. The molecular formula is C16H27NV. The molecule has 2 heteroatoms. The molecule has 18 heavy (non-hydrogen) atoms. The Kier molecular flexibility index (Phi) is 11.4. The van der Waals surface area contributed by atoms with Crippen LogP contribution in [0.1, 0.15) is 70.2 Å². The molecule has 0 bridgehead atoms. The molecule has 0 aliphatic heterocycles. The molecule has 1 saturated carbocycles. The van der Waals surface area contributed by atoms with E-state index in [4.69, 9.17) is 0 Å². The maximum Gasteiger partial charge on any atom is 0.0682 e. The molecule has 2 rings (SSSR count). The van der Waals surface area contributed by atoms with Gasteiger partial charge in [-0.3, -0.25) is 4.98 Å². The van der Waals surface area contributed by atoms with E-state index >= 15 is 0 Å². The molecule has 1 aliphatic rings. The molecule has 0 saturated heterocycles. The van der Waals surface area contributed by atoms with Crippen molar-refractivity contribution < 1.29 is 18.6 Å². The molecule has 1 aliphatic carbocycles. The van der Waals surface area contributed by atoms with Crippen molar-refractivity contribution in [3.05, 3.63) is 35.7 Å². The van der Waals surface area contributed by atoms with Gasteiger partial charge in [0.1, 0.15) is 0 Å². The van der Waals surface area contributed by atoms with E-state index in [1.165, 1.54) is 24.0 Å². The molecule has 1 fully saturated rings. The van der Waals surface area contributed by atoms with Crippen LogP contribution in [0.2, 0.25) is 0 Å². The van der Waals surface area contributed by atoms with Crippen LogP contribution in [0.5, 0.6) is 0 Å². The number of hydrogen-bond donors (Lipinski definition) is 0. The van der Waals surface area contributed by atoms with Gasteiger partial charge >= 0.3 is 0 Å². The summed E-state index contributed by atoms with van der Waals surface area (Å²) >= 11 is 0. The van der Waals surface area contributed by atoms with Gasteiger partial charge in [-0.05, 0) is 49.3 Å². The normalized spacial score (nSPS) is 12.1. The summed E-state index contributed by atoms with van der Waals surface area (Å²) in [6, 6.07) is 2.26. The average Bonchev–Trinajstić information content (AvgIpc) is 3.17. The third kappa shape index (κ3) is 5.88. The van der Waals surface area contributed by atoms with Gasteiger partial charge in [-0.25, -0.2) is 0 Å². The van der Waals surface area contributed by atoms with E-state index < -0.39 is 0 Å². The third-order valence-corrected chi connectivity index (χ3v) is 2.55. The first kappa shape index (κ1) is 19.8. The number of aryl methyl sites for hydroxylation is 1. The first-order chi connectivity index (χ1) is 8.18. The van der Waals surface area contributed by atoms with Crippen LogP contribution in [0.4, 0.5) is 0 Å². The Balaban J connectivity index is 0. The van der Waals surface area contributed by atoms with Gasteiger partial charge in [0, 0.05) is 24.8 Å². The van der Waals surface area contributed by atoms with Crippen LogP contribution >= 0.6 is 0 Å². The number of pyridine rings is 1. The van der Waals surface area contributed by atoms with Gasteiger partial charge in [0.05, 0.1) is 5.69 Å². The zero-order chi connectivity index (χ0) is 13.4. The molecular weight excluding hydrogens is 257 g/mol. The quantitative estimate of drug-likeness (QED) is 0.713. The molecule has 0 N–H and O–H groups in total. The van der Waals surface area contributed by atoms with Crippen LogP contribution in [-0.2, 0) is 18.6 Å². The molecule has 0 aromatic carbocycles. The van der Waals surface area contributed by atoms with Crippen LogP contribution in [-0.4, -0.2) is 4.98 Å². The third-order valence-electron chi connectivity index (χ3n) is 2.55. The largest absolute Gasteiger partial charge is 0.256 e. The Morgan fingerprint density at radius 2 is 1.72 bits per heavy atom. The van der Waals surface area contributed by atoms with Crippen LogP contribution in [0, 0.1) is 6.92 Å². The van der Waals surface area contributed by atoms with Crippen molar-refractivity contribution in [3.8, 4) is 0 Å². The second-order valence-electron chi connectivity index (χ2n) is 3.99. The van der Waals surface area contributed by atoms with Crippen molar-refractivity contribution in [2.45, 2.75) is 60.3 Å². The smallest absolute Gasteiger partial charge is 0.0682 e. The minimum absolute atomic E-state index is 0. The van der Waals surface area contributed by atoms with E-state index in [1.54, 1.807) is 0 Å². The number of nitrogens with zero attached hydrogens (tertiary/aromatic N) is 1. The van der Waals surface area contributed by atoms with E-state index in [9.17, 15) is 0 Å². The van der Waals surface area contributed by atoms with Crippen LogP contribution in [0.25, 0.3) is 5.57 Å². The van der Waals surface area contributed by atoms with Crippen LogP contribution in [0.15, 0.2) is 18.8 Å². The summed E-state index contributed by atoms with van der Waals surface area (Å²) in [7, 11) is 0. The van der Waals surface area contributed by atoms with Crippen molar-refractivity contribution in [1.29, 1.82) is 0 Å². The van der Waals surface area contributed by atoms with E-state index in [2.05, 4.69) is 24.6 Å². The summed E-state index contributed by atoms with van der Waals surface area (Å²) in [5.41, 5.74) is 4.78. The van der Waals surface area contributed by atoms with E-state index in [0.29, 0.717) is 0 Å². The predicted molar refractivity (Wildman–Crippen MR) is 78.4 cm³/mol. The number of rotatable bonds is 2. The van der Waals surface area contributed by atoms with Crippen molar-refractivity contribution in [3.63, 3.8) is 0 Å². The Hall–Kier alpha value is -0.526. The van der Waals surface area contributed by atoms with Gasteiger partial charge in [-0.15, -0.1) is 0 Å². The zero-order valence-electron chi connectivity index (χ0n) is 12.7. The van der Waals surface area contributed by atoms with Gasteiger partial charge in [0.15, 0.2) is 0 Å². The van der Waals surface area contributed by atoms with Gasteiger partial charge < -0.3 is 0 Å². The fourth-order valence-corrected chi connectivity index (χ4v) is 1.68. The molecule has 0 unspecified atom stereocenters. The van der Waals surface area contributed by atoms with Crippen molar-refractivity contribution >= 4 is 5.57 Å². The molecule has 0 atom stereocenters. The van der Waals surface area contributed by atoms with Crippen molar-refractivity contribution in [2.75, 3.05) is 0 Å². The van der Waals surface area contributed by atoms with Crippen LogP contribution in [0.3, 0.4) is 0 Å². The standard InChI is InChI=1S/C12H15N.2C2H6.V/c1-8(2)12-9(3)6-11(7-13-12)10-4-5-10;2*1-2;/h6-7,10H,1,4-5H2,2-3H3;2*1-2H3;. The summed E-state index contributed by atoms with van der Waals surface area (Å²) in [6.45, 7) is 16.0. The minimum atomic E-state index is 0. The summed E-state index contributed by atoms with van der Waals surface area (Å²) in [4.78, 5) is 4.44. The van der Waals surface area contributed by atoms with Crippen molar-refractivity contribution in [1.82, 2.24) is 4.98 Å².